The van der Waals surface area contributed by atoms with Crippen LogP contribution in [0.1, 0.15) is 58.8 Å². The molecule has 148 valence electrons. The highest BCUT2D eigenvalue weighted by Gasteiger charge is 2.47. The van der Waals surface area contributed by atoms with Crippen LogP contribution in [0, 0.1) is 11.3 Å². The molecule has 0 unspecified atom stereocenters. The van der Waals surface area contributed by atoms with Crippen molar-refractivity contribution in [2.45, 2.75) is 69.9 Å². The fraction of sp³-hybridized carbons (Fsp3) is 0.722. The first-order valence-electron chi connectivity index (χ1n) is 9.27. The first-order valence-corrected chi connectivity index (χ1v) is 9.27. The Morgan fingerprint density at radius 1 is 1.33 bits per heavy atom. The van der Waals surface area contributed by atoms with Gasteiger partial charge in [-0.3, -0.25) is 19.3 Å². The van der Waals surface area contributed by atoms with E-state index < -0.39 is 48.0 Å². The Kier molecular flexibility index (Phi) is 6.41. The molecule has 0 radical (unpaired) electrons. The van der Waals surface area contributed by atoms with Crippen LogP contribution in [0.2, 0.25) is 0 Å². The summed E-state index contributed by atoms with van der Waals surface area (Å²) < 4.78 is 4.88. The van der Waals surface area contributed by atoms with Gasteiger partial charge in [-0.2, -0.15) is 5.26 Å². The summed E-state index contributed by atoms with van der Waals surface area (Å²) in [7, 11) is 0. The molecule has 2 N–H and O–H groups in total. The SMILES string of the molecule is CCCC[C@@]1(C)NC(=O)N(CC(=O)OCC(=O)NC2(C#N)CCCC2)C1=O. The third-order valence-electron chi connectivity index (χ3n) is 5.08. The summed E-state index contributed by atoms with van der Waals surface area (Å²) in [5.74, 6) is -1.90. The summed E-state index contributed by atoms with van der Waals surface area (Å²) in [6.45, 7) is 2.50. The molecule has 9 heteroatoms. The van der Waals surface area contributed by atoms with Crippen LogP contribution in [0.15, 0.2) is 0 Å². The van der Waals surface area contributed by atoms with Crippen molar-refractivity contribution >= 4 is 23.8 Å². The minimum Gasteiger partial charge on any atom is -0.454 e. The molecule has 0 aromatic heterocycles. The molecule has 2 fully saturated rings. The summed E-state index contributed by atoms with van der Waals surface area (Å²) in [5, 5.41) is 14.5. The molecule has 0 spiro atoms. The lowest BCUT2D eigenvalue weighted by atomic mass is 9.95. The molecular weight excluding hydrogens is 352 g/mol. The Morgan fingerprint density at radius 2 is 2.00 bits per heavy atom. The van der Waals surface area contributed by atoms with E-state index in [1.165, 1.54) is 0 Å². The zero-order valence-corrected chi connectivity index (χ0v) is 15.8. The normalized spacial score (nSPS) is 23.7. The lowest BCUT2D eigenvalue weighted by Crippen LogP contribution is -2.47. The number of rotatable bonds is 8. The molecule has 2 aliphatic rings. The van der Waals surface area contributed by atoms with E-state index in [0.29, 0.717) is 19.3 Å². The first-order chi connectivity index (χ1) is 12.7. The van der Waals surface area contributed by atoms with Gasteiger partial charge < -0.3 is 15.4 Å². The lowest BCUT2D eigenvalue weighted by Gasteiger charge is -2.22. The van der Waals surface area contributed by atoms with Gasteiger partial charge in [0.05, 0.1) is 6.07 Å². The van der Waals surface area contributed by atoms with Gasteiger partial charge in [-0.05, 0) is 39.0 Å². The smallest absolute Gasteiger partial charge is 0.326 e. The number of ether oxygens (including phenoxy) is 1. The predicted octanol–water partition coefficient (Wildman–Crippen LogP) is 0.983. The largest absolute Gasteiger partial charge is 0.454 e. The third-order valence-corrected chi connectivity index (χ3v) is 5.08. The van der Waals surface area contributed by atoms with Gasteiger partial charge in [0.1, 0.15) is 17.6 Å². The maximum Gasteiger partial charge on any atom is 0.326 e. The Morgan fingerprint density at radius 3 is 2.59 bits per heavy atom. The molecule has 1 saturated heterocycles. The molecule has 27 heavy (non-hydrogen) atoms. The average Bonchev–Trinajstić information content (AvgIpc) is 3.18. The molecule has 1 saturated carbocycles. The zero-order chi connectivity index (χ0) is 20.1. The zero-order valence-electron chi connectivity index (χ0n) is 15.8. The van der Waals surface area contributed by atoms with Crippen molar-refractivity contribution in [3.63, 3.8) is 0 Å². The van der Waals surface area contributed by atoms with Gasteiger partial charge in [0.2, 0.25) is 0 Å². The van der Waals surface area contributed by atoms with Gasteiger partial charge in [0.25, 0.3) is 11.8 Å². The molecule has 1 heterocycles. The number of hydrogen-bond acceptors (Lipinski definition) is 6. The van der Waals surface area contributed by atoms with Crippen LogP contribution in [0.3, 0.4) is 0 Å². The van der Waals surface area contributed by atoms with Crippen LogP contribution < -0.4 is 10.6 Å². The number of imide groups is 1. The van der Waals surface area contributed by atoms with Crippen LogP contribution in [0.5, 0.6) is 0 Å². The van der Waals surface area contributed by atoms with E-state index in [9.17, 15) is 24.4 Å². The summed E-state index contributed by atoms with van der Waals surface area (Å²) in [6, 6.07) is 1.47. The quantitative estimate of drug-likeness (QED) is 0.479. The standard InChI is InChI=1S/C18H26N4O5/c1-3-4-7-17(2)15(25)22(16(26)21-17)10-14(24)27-11-13(23)20-18(12-19)8-5-6-9-18/h3-11H2,1-2H3,(H,20,23)(H,21,26)/t17-/m1/s1. The second kappa shape index (κ2) is 8.37. The number of nitrogens with zero attached hydrogens (tertiary/aromatic N) is 2. The fourth-order valence-electron chi connectivity index (χ4n) is 3.46. The van der Waals surface area contributed by atoms with Crippen molar-refractivity contribution < 1.29 is 23.9 Å². The highest BCUT2D eigenvalue weighted by molar-refractivity contribution is 6.08. The molecule has 0 aromatic carbocycles. The first kappa shape index (κ1) is 20.7. The van der Waals surface area contributed by atoms with Gasteiger partial charge in [-0.1, -0.05) is 19.8 Å². The van der Waals surface area contributed by atoms with Crippen molar-refractivity contribution in [1.29, 1.82) is 5.26 Å². The summed E-state index contributed by atoms with van der Waals surface area (Å²) >= 11 is 0. The summed E-state index contributed by atoms with van der Waals surface area (Å²) in [5.41, 5.74) is -1.91. The van der Waals surface area contributed by atoms with E-state index >= 15 is 0 Å². The van der Waals surface area contributed by atoms with E-state index in [0.717, 1.165) is 30.6 Å². The van der Waals surface area contributed by atoms with Crippen LogP contribution >= 0.6 is 0 Å². The fourth-order valence-corrected chi connectivity index (χ4v) is 3.46. The van der Waals surface area contributed by atoms with Crippen LogP contribution in [0.4, 0.5) is 4.79 Å². The van der Waals surface area contributed by atoms with Gasteiger partial charge in [-0.25, -0.2) is 4.79 Å². The molecule has 4 amide bonds. The van der Waals surface area contributed by atoms with Crippen molar-refractivity contribution in [3.8, 4) is 6.07 Å². The van der Waals surface area contributed by atoms with Crippen molar-refractivity contribution in [2.24, 2.45) is 0 Å². The maximum atomic E-state index is 12.4. The lowest BCUT2D eigenvalue weighted by molar-refractivity contribution is -0.151. The maximum absolute atomic E-state index is 12.4. The second-order valence-electron chi connectivity index (χ2n) is 7.37. The van der Waals surface area contributed by atoms with Crippen molar-refractivity contribution in [1.82, 2.24) is 15.5 Å². The molecule has 0 aromatic rings. The van der Waals surface area contributed by atoms with E-state index in [1.807, 2.05) is 6.92 Å². The number of esters is 1. The van der Waals surface area contributed by atoms with Crippen molar-refractivity contribution in [2.75, 3.05) is 13.2 Å². The number of amides is 4. The van der Waals surface area contributed by atoms with Gasteiger partial charge >= 0.3 is 12.0 Å². The second-order valence-corrected chi connectivity index (χ2v) is 7.37. The van der Waals surface area contributed by atoms with Gasteiger partial charge in [-0.15, -0.1) is 0 Å². The summed E-state index contributed by atoms with van der Waals surface area (Å²) in [4.78, 5) is 49.2. The molecule has 1 atom stereocenters. The number of urea groups is 1. The number of nitriles is 1. The number of hydrogen-bond donors (Lipinski definition) is 2. The third kappa shape index (κ3) is 4.76. The van der Waals surface area contributed by atoms with Crippen LogP contribution in [0.25, 0.3) is 0 Å². The van der Waals surface area contributed by atoms with Gasteiger partial charge in [0, 0.05) is 0 Å². The monoisotopic (exact) mass is 378 g/mol. The highest BCUT2D eigenvalue weighted by Crippen LogP contribution is 2.28. The number of nitrogens with one attached hydrogen (secondary N) is 2. The predicted molar refractivity (Wildman–Crippen MR) is 94.1 cm³/mol. The molecule has 1 aliphatic heterocycles. The molecule has 2 rings (SSSR count). The summed E-state index contributed by atoms with van der Waals surface area (Å²) in [6.07, 6.45) is 4.98. The average molecular weight is 378 g/mol. The van der Waals surface area contributed by atoms with E-state index in [-0.39, 0.29) is 0 Å². The molecule has 0 bridgehead atoms. The minimum atomic E-state index is -1.02. The van der Waals surface area contributed by atoms with Crippen molar-refractivity contribution in [3.05, 3.63) is 0 Å². The van der Waals surface area contributed by atoms with E-state index in [1.54, 1.807) is 6.92 Å². The molecule has 1 aliphatic carbocycles. The van der Waals surface area contributed by atoms with Crippen LogP contribution in [-0.4, -0.2) is 52.9 Å². The molecular formula is C18H26N4O5. The number of carbonyl (C=O) groups is 4. The molecule has 9 nitrogen and oxygen atoms in total. The Labute approximate surface area is 158 Å². The van der Waals surface area contributed by atoms with E-state index in [2.05, 4.69) is 16.7 Å². The Balaban J connectivity index is 1.83. The van der Waals surface area contributed by atoms with Gasteiger partial charge in [0.15, 0.2) is 6.61 Å². The van der Waals surface area contributed by atoms with E-state index in [4.69, 9.17) is 4.74 Å². The van der Waals surface area contributed by atoms with Crippen LogP contribution in [-0.2, 0) is 19.1 Å². The number of carbonyl (C=O) groups excluding carboxylic acids is 4. The Hall–Kier alpha value is -2.63. The highest BCUT2D eigenvalue weighted by atomic mass is 16.5. The minimum absolute atomic E-state index is 0.475. The number of unbranched alkanes of at least 4 members (excludes halogenated alkanes) is 1. The topological polar surface area (TPSA) is 129 Å². The Bertz CT molecular complexity index is 665.